The van der Waals surface area contributed by atoms with Crippen molar-refractivity contribution in [3.8, 4) is 0 Å². The van der Waals surface area contributed by atoms with E-state index in [1.807, 2.05) is 0 Å². The number of hydroxylamine groups is 3. The Morgan fingerprint density at radius 1 is 0.750 bits per heavy atom. The molecule has 0 saturated carbocycles. The van der Waals surface area contributed by atoms with E-state index < -0.39 is 0 Å². The van der Waals surface area contributed by atoms with Crippen LogP contribution in [0.4, 0.5) is 0 Å². The first kappa shape index (κ1) is 21.2. The third-order valence-electron chi connectivity index (χ3n) is 2.55. The number of hydrogen-bond donors (Lipinski definition) is 0. The van der Waals surface area contributed by atoms with Gasteiger partial charge in [0.1, 0.15) is 0 Å². The van der Waals surface area contributed by atoms with Crippen molar-refractivity contribution in [3.05, 3.63) is 5.21 Å². The Bertz CT molecular complexity index is 124. The van der Waals surface area contributed by atoms with Gasteiger partial charge in [-0.05, 0) is 12.8 Å². The number of hydrogen-bond acceptors (Lipinski definition) is 1. The van der Waals surface area contributed by atoms with Crippen LogP contribution in [0.3, 0.4) is 0 Å². The molecule has 0 aromatic carbocycles. The normalized spacial score (nSPS) is 10.5. The highest BCUT2D eigenvalue weighted by molar-refractivity contribution is 4.46. The number of quaternary nitrogens is 1. The minimum atomic E-state index is -0.129. The Labute approximate surface area is 100 Å². The quantitative estimate of drug-likeness (QED) is 0.343. The summed E-state index contributed by atoms with van der Waals surface area (Å²) in [7, 11) is 3.45. The maximum Gasteiger partial charge on any atom is 0.0779 e. The molecule has 0 bridgehead atoms. The van der Waals surface area contributed by atoms with E-state index in [1.165, 1.54) is 44.9 Å². The highest BCUT2D eigenvalue weighted by atomic mass is 16.5. The van der Waals surface area contributed by atoms with Crippen molar-refractivity contribution in [1.29, 1.82) is 0 Å². The van der Waals surface area contributed by atoms with Gasteiger partial charge in [0.25, 0.3) is 0 Å². The van der Waals surface area contributed by atoms with Gasteiger partial charge < -0.3 is 20.8 Å². The molecule has 4 heteroatoms. The predicted octanol–water partition coefficient (Wildman–Crippen LogP) is 2.05. The van der Waals surface area contributed by atoms with Gasteiger partial charge in [0.05, 0.1) is 20.6 Å². The average Bonchev–Trinajstić information content (AvgIpc) is 2.08. The minimum Gasteiger partial charge on any atom is -0.633 e. The van der Waals surface area contributed by atoms with E-state index in [0.717, 1.165) is 13.0 Å². The van der Waals surface area contributed by atoms with E-state index in [1.54, 1.807) is 14.1 Å². The lowest BCUT2D eigenvalue weighted by molar-refractivity contribution is -0.840. The van der Waals surface area contributed by atoms with Gasteiger partial charge in [-0.15, -0.1) is 0 Å². The topological polar surface area (TPSA) is 86.1 Å². The monoisotopic (exact) mass is 237 g/mol. The van der Waals surface area contributed by atoms with E-state index in [-0.39, 0.29) is 15.6 Å². The third kappa shape index (κ3) is 19.4. The zero-order valence-electron chi connectivity index (χ0n) is 11.2. The van der Waals surface area contributed by atoms with Crippen molar-refractivity contribution in [2.24, 2.45) is 0 Å². The van der Waals surface area contributed by atoms with Crippen LogP contribution in [0.1, 0.15) is 58.3 Å². The predicted molar refractivity (Wildman–Crippen MR) is 70.2 cm³/mol. The van der Waals surface area contributed by atoms with Crippen LogP contribution in [0.15, 0.2) is 0 Å². The molecule has 0 aliphatic rings. The van der Waals surface area contributed by atoms with E-state index in [4.69, 9.17) is 0 Å². The Hall–Kier alpha value is -0.160. The molecule has 16 heavy (non-hydrogen) atoms. The van der Waals surface area contributed by atoms with Gasteiger partial charge in [-0.2, -0.15) is 0 Å². The lowest BCUT2D eigenvalue weighted by atomic mass is 10.1. The fraction of sp³-hybridized carbons (Fsp3) is 1.00. The molecule has 0 amide bonds. The van der Waals surface area contributed by atoms with E-state index in [0.29, 0.717) is 0 Å². The number of unbranched alkanes of at least 4 members (excludes halogenated alkanes) is 7. The Balaban J connectivity index is -0.000000845. The van der Waals surface area contributed by atoms with Gasteiger partial charge in [-0.1, -0.05) is 45.4 Å². The fourth-order valence-corrected chi connectivity index (χ4v) is 1.63. The summed E-state index contributed by atoms with van der Waals surface area (Å²) >= 11 is 0. The smallest absolute Gasteiger partial charge is 0.0779 e. The molecule has 0 fully saturated rings. The Morgan fingerprint density at radius 2 is 1.12 bits per heavy atom. The van der Waals surface area contributed by atoms with Crippen LogP contribution >= 0.6 is 0 Å². The van der Waals surface area contributed by atoms with Gasteiger partial charge in [-0.25, -0.2) is 0 Å². The molecule has 0 atom stereocenters. The number of rotatable bonds is 9. The van der Waals surface area contributed by atoms with Gasteiger partial charge in [0.2, 0.25) is 0 Å². The molecule has 102 valence electrons. The van der Waals surface area contributed by atoms with Gasteiger partial charge in [0, 0.05) is 0 Å². The van der Waals surface area contributed by atoms with Crippen LogP contribution in [0, 0.1) is 5.21 Å². The molecule has 0 rings (SSSR count). The second kappa shape index (κ2) is 12.9. The second-order valence-electron chi connectivity index (χ2n) is 4.77. The number of nitrogens with zero attached hydrogens (tertiary/aromatic N) is 1. The first-order chi connectivity index (χ1) is 6.56. The van der Waals surface area contributed by atoms with Crippen molar-refractivity contribution < 1.29 is 15.6 Å². The average molecular weight is 237 g/mol. The largest absolute Gasteiger partial charge is 0.633 e. The lowest BCUT2D eigenvalue weighted by Gasteiger charge is -2.33. The zero-order valence-corrected chi connectivity index (χ0v) is 11.2. The molecule has 4 N–H and O–H groups in total. The van der Waals surface area contributed by atoms with Crippen molar-refractivity contribution in [2.45, 2.75) is 58.3 Å². The van der Waals surface area contributed by atoms with Crippen molar-refractivity contribution >= 4 is 0 Å². The molecule has 0 heterocycles. The summed E-state index contributed by atoms with van der Waals surface area (Å²) in [6, 6.07) is 0. The van der Waals surface area contributed by atoms with Crippen LogP contribution in [0.2, 0.25) is 0 Å². The zero-order chi connectivity index (χ0) is 10.9. The van der Waals surface area contributed by atoms with E-state index in [9.17, 15) is 5.21 Å². The van der Waals surface area contributed by atoms with Gasteiger partial charge in [-0.3, -0.25) is 0 Å². The molecule has 0 aliphatic carbocycles. The van der Waals surface area contributed by atoms with Gasteiger partial charge in [0.15, 0.2) is 0 Å². The minimum absolute atomic E-state index is 0. The lowest BCUT2D eigenvalue weighted by Crippen LogP contribution is -2.32. The maximum absolute atomic E-state index is 11.2. The Morgan fingerprint density at radius 3 is 1.50 bits per heavy atom. The van der Waals surface area contributed by atoms with E-state index in [2.05, 4.69) is 6.92 Å². The fourth-order valence-electron chi connectivity index (χ4n) is 1.63. The van der Waals surface area contributed by atoms with Crippen LogP contribution in [-0.2, 0) is 0 Å². The van der Waals surface area contributed by atoms with E-state index >= 15 is 0 Å². The first-order valence-corrected chi connectivity index (χ1v) is 6.10. The van der Waals surface area contributed by atoms with Crippen LogP contribution < -0.4 is 0 Å². The molecular formula is C12H31NO3. The summed E-state index contributed by atoms with van der Waals surface area (Å²) in [5, 5.41) is 11.2. The van der Waals surface area contributed by atoms with Crippen molar-refractivity contribution in [2.75, 3.05) is 20.6 Å². The molecule has 0 saturated heterocycles. The highest BCUT2D eigenvalue weighted by Crippen LogP contribution is 2.09. The third-order valence-corrected chi connectivity index (χ3v) is 2.55. The summed E-state index contributed by atoms with van der Waals surface area (Å²) in [6.07, 6.45) is 10.5. The standard InChI is InChI=1S/C12H27NO.2H2O/c1-4-5-6-7-8-9-10-11-12-13(2,3)14;;/h4-12H2,1-3H3;2*1H2. The summed E-state index contributed by atoms with van der Waals surface area (Å²) < 4.78 is -0.129. The van der Waals surface area contributed by atoms with Crippen molar-refractivity contribution in [1.82, 2.24) is 0 Å². The molecule has 4 nitrogen and oxygen atoms in total. The summed E-state index contributed by atoms with van der Waals surface area (Å²) in [5.41, 5.74) is 0. The maximum atomic E-state index is 11.2. The molecule has 0 unspecified atom stereocenters. The van der Waals surface area contributed by atoms with Crippen LogP contribution in [-0.4, -0.2) is 36.2 Å². The SMILES string of the molecule is CCCCCCCCCC[N+](C)(C)[O-].O.O. The molecular weight excluding hydrogens is 206 g/mol. The van der Waals surface area contributed by atoms with Crippen LogP contribution in [0.25, 0.3) is 0 Å². The molecule has 0 spiro atoms. The summed E-state index contributed by atoms with van der Waals surface area (Å²) in [6.45, 7) is 3.02. The Kier molecular flexibility index (Phi) is 17.1. The van der Waals surface area contributed by atoms with Crippen molar-refractivity contribution in [3.63, 3.8) is 0 Å². The first-order valence-electron chi connectivity index (χ1n) is 6.10. The molecule has 0 aliphatic heterocycles. The summed E-state index contributed by atoms with van der Waals surface area (Å²) in [4.78, 5) is 0. The molecule has 0 aromatic rings. The second-order valence-corrected chi connectivity index (χ2v) is 4.77. The summed E-state index contributed by atoms with van der Waals surface area (Å²) in [5.74, 6) is 0. The van der Waals surface area contributed by atoms with Gasteiger partial charge >= 0.3 is 0 Å². The molecule has 0 radical (unpaired) electrons. The highest BCUT2D eigenvalue weighted by Gasteiger charge is 2.00. The molecule has 0 aromatic heterocycles. The van der Waals surface area contributed by atoms with Crippen LogP contribution in [0.5, 0.6) is 0 Å².